The van der Waals surface area contributed by atoms with Crippen LogP contribution in [0, 0.1) is 0 Å². The zero-order valence-corrected chi connectivity index (χ0v) is 17.4. The van der Waals surface area contributed by atoms with E-state index in [9.17, 15) is 9.59 Å². The Morgan fingerprint density at radius 2 is 1.62 bits per heavy atom. The van der Waals surface area contributed by atoms with Gasteiger partial charge in [-0.3, -0.25) is 4.79 Å². The number of esters is 1. The molecule has 0 fully saturated rings. The van der Waals surface area contributed by atoms with E-state index in [2.05, 4.69) is 16.0 Å². The fourth-order valence-corrected chi connectivity index (χ4v) is 3.97. The van der Waals surface area contributed by atoms with E-state index in [0.29, 0.717) is 27.1 Å². The van der Waals surface area contributed by atoms with Gasteiger partial charge in [0, 0.05) is 23.2 Å². The number of thiophene rings is 1. The molecule has 2 aromatic carbocycles. The first-order valence-electron chi connectivity index (χ1n) is 8.69. The molecule has 0 unspecified atom stereocenters. The summed E-state index contributed by atoms with van der Waals surface area (Å²) in [7, 11) is 1.34. The Labute approximate surface area is 177 Å². The number of carbonyl (C=O) groups excluding carboxylic acids is 2. The van der Waals surface area contributed by atoms with Crippen molar-refractivity contribution >= 4 is 56.9 Å². The molecule has 0 aliphatic carbocycles. The molecule has 3 rings (SSSR count). The minimum atomic E-state index is -0.443. The molecule has 0 saturated heterocycles. The van der Waals surface area contributed by atoms with Crippen LogP contribution in [0.5, 0.6) is 0 Å². The average molecular weight is 426 g/mol. The lowest BCUT2D eigenvalue weighted by Crippen LogP contribution is -2.20. The van der Waals surface area contributed by atoms with Gasteiger partial charge in [-0.15, -0.1) is 11.3 Å². The molecule has 3 aromatic rings. The molecule has 1 heterocycles. The van der Waals surface area contributed by atoms with Crippen LogP contribution in [0.3, 0.4) is 0 Å². The van der Waals surface area contributed by atoms with E-state index in [1.807, 2.05) is 36.4 Å². The number of hydrogen-bond acceptors (Lipinski definition) is 5. The van der Waals surface area contributed by atoms with E-state index >= 15 is 0 Å². The highest BCUT2D eigenvalue weighted by atomic mass is 32.1. The van der Waals surface area contributed by atoms with Crippen LogP contribution in [0.4, 0.5) is 16.4 Å². The lowest BCUT2D eigenvalue weighted by atomic mass is 10.1. The van der Waals surface area contributed by atoms with Gasteiger partial charge in [-0.1, -0.05) is 36.4 Å². The van der Waals surface area contributed by atoms with E-state index in [0.717, 1.165) is 10.4 Å². The van der Waals surface area contributed by atoms with Crippen LogP contribution < -0.4 is 16.0 Å². The number of benzene rings is 2. The molecular weight excluding hydrogens is 406 g/mol. The Morgan fingerprint density at radius 1 is 0.931 bits per heavy atom. The average Bonchev–Trinajstić information content (AvgIpc) is 3.11. The molecule has 1 aromatic heterocycles. The Morgan fingerprint density at radius 3 is 2.28 bits per heavy atom. The standard InChI is InChI=1S/C21H19N3O3S2/c1-13(25)22-15-9-6-10-16(11-15)23-21(28)24-19-17(20(26)27-2)12-18(29-19)14-7-4-3-5-8-14/h3-12H,1-2H3,(H,22,25)(H2,23,24,28). The summed E-state index contributed by atoms with van der Waals surface area (Å²) < 4.78 is 4.90. The molecule has 6 nitrogen and oxygen atoms in total. The molecule has 0 aliphatic heterocycles. The third-order valence-electron chi connectivity index (χ3n) is 3.86. The Balaban J connectivity index is 1.80. The number of ether oxygens (including phenoxy) is 1. The summed E-state index contributed by atoms with van der Waals surface area (Å²) in [4.78, 5) is 24.4. The third kappa shape index (κ3) is 5.40. The van der Waals surface area contributed by atoms with Gasteiger partial charge in [0.1, 0.15) is 5.00 Å². The second-order valence-electron chi connectivity index (χ2n) is 6.05. The number of nitrogens with one attached hydrogen (secondary N) is 3. The fraction of sp³-hybridized carbons (Fsp3) is 0.0952. The van der Waals surface area contributed by atoms with Crippen LogP contribution in [0.25, 0.3) is 10.4 Å². The second-order valence-corrected chi connectivity index (χ2v) is 7.51. The van der Waals surface area contributed by atoms with E-state index in [4.69, 9.17) is 17.0 Å². The molecular formula is C21H19N3O3S2. The van der Waals surface area contributed by atoms with Gasteiger partial charge in [0.2, 0.25) is 5.91 Å². The predicted octanol–water partition coefficient (Wildman–Crippen LogP) is 4.97. The van der Waals surface area contributed by atoms with Gasteiger partial charge in [-0.2, -0.15) is 0 Å². The Bertz CT molecular complexity index is 1050. The monoisotopic (exact) mass is 425 g/mol. The van der Waals surface area contributed by atoms with Gasteiger partial charge < -0.3 is 20.7 Å². The van der Waals surface area contributed by atoms with Crippen LogP contribution in [-0.4, -0.2) is 24.1 Å². The van der Waals surface area contributed by atoms with Crippen LogP contribution in [0.1, 0.15) is 17.3 Å². The van der Waals surface area contributed by atoms with Crippen LogP contribution >= 0.6 is 23.6 Å². The van der Waals surface area contributed by atoms with Crippen LogP contribution in [0.2, 0.25) is 0 Å². The first-order chi connectivity index (χ1) is 14.0. The van der Waals surface area contributed by atoms with Gasteiger partial charge in [0.05, 0.1) is 12.7 Å². The number of hydrogen-bond donors (Lipinski definition) is 3. The summed E-state index contributed by atoms with van der Waals surface area (Å²) in [6, 6.07) is 18.7. The zero-order chi connectivity index (χ0) is 20.8. The molecule has 0 radical (unpaired) electrons. The van der Waals surface area contributed by atoms with Gasteiger partial charge in [0.25, 0.3) is 0 Å². The number of rotatable bonds is 5. The Kier molecular flexibility index (Phi) is 6.58. The molecule has 1 amide bonds. The number of carbonyl (C=O) groups is 2. The first-order valence-corrected chi connectivity index (χ1v) is 9.92. The maximum Gasteiger partial charge on any atom is 0.340 e. The smallest absolute Gasteiger partial charge is 0.340 e. The quantitative estimate of drug-likeness (QED) is 0.396. The van der Waals surface area contributed by atoms with Gasteiger partial charge >= 0.3 is 5.97 Å². The zero-order valence-electron chi connectivity index (χ0n) is 15.8. The molecule has 29 heavy (non-hydrogen) atoms. The van der Waals surface area contributed by atoms with Crippen molar-refractivity contribution in [1.82, 2.24) is 0 Å². The Hall–Kier alpha value is -3.23. The summed E-state index contributed by atoms with van der Waals surface area (Å²) in [6.07, 6.45) is 0. The van der Waals surface area contributed by atoms with Crippen LogP contribution in [0.15, 0.2) is 60.7 Å². The van der Waals surface area contributed by atoms with E-state index in [1.165, 1.54) is 25.4 Å². The van der Waals surface area contributed by atoms with Crippen molar-refractivity contribution in [1.29, 1.82) is 0 Å². The molecule has 0 atom stereocenters. The lowest BCUT2D eigenvalue weighted by Gasteiger charge is -2.11. The fourth-order valence-electron chi connectivity index (χ4n) is 2.63. The van der Waals surface area contributed by atoms with E-state index < -0.39 is 5.97 Å². The van der Waals surface area contributed by atoms with Gasteiger partial charge in [-0.05, 0) is 42.0 Å². The number of methoxy groups -OCH3 is 1. The highest BCUT2D eigenvalue weighted by Crippen LogP contribution is 2.36. The minimum Gasteiger partial charge on any atom is -0.465 e. The predicted molar refractivity (Wildman–Crippen MR) is 122 cm³/mol. The highest BCUT2D eigenvalue weighted by Gasteiger charge is 2.18. The maximum absolute atomic E-state index is 12.2. The summed E-state index contributed by atoms with van der Waals surface area (Å²) in [5.41, 5.74) is 2.77. The van der Waals surface area contributed by atoms with E-state index in [-0.39, 0.29) is 5.91 Å². The molecule has 8 heteroatoms. The topological polar surface area (TPSA) is 79.5 Å². The molecule has 0 aliphatic rings. The highest BCUT2D eigenvalue weighted by molar-refractivity contribution is 7.80. The van der Waals surface area contributed by atoms with E-state index in [1.54, 1.807) is 24.3 Å². The summed E-state index contributed by atoms with van der Waals surface area (Å²) in [5.74, 6) is -0.598. The van der Waals surface area contributed by atoms with Crippen LogP contribution in [-0.2, 0) is 9.53 Å². The first kappa shape index (κ1) is 20.5. The largest absolute Gasteiger partial charge is 0.465 e. The molecule has 148 valence electrons. The SMILES string of the molecule is COC(=O)c1cc(-c2ccccc2)sc1NC(=S)Nc1cccc(NC(C)=O)c1. The van der Waals surface area contributed by atoms with Crippen molar-refractivity contribution in [3.63, 3.8) is 0 Å². The maximum atomic E-state index is 12.2. The van der Waals surface area contributed by atoms with Crippen molar-refractivity contribution in [2.24, 2.45) is 0 Å². The normalized spacial score (nSPS) is 10.1. The molecule has 3 N–H and O–H groups in total. The number of anilines is 3. The number of thiocarbonyl (C=S) groups is 1. The molecule has 0 saturated carbocycles. The van der Waals surface area contributed by atoms with Crippen molar-refractivity contribution in [3.8, 4) is 10.4 Å². The van der Waals surface area contributed by atoms with Gasteiger partial charge in [0.15, 0.2) is 5.11 Å². The summed E-state index contributed by atoms with van der Waals surface area (Å²) in [5, 5.41) is 9.76. The lowest BCUT2D eigenvalue weighted by molar-refractivity contribution is -0.114. The van der Waals surface area contributed by atoms with Crippen molar-refractivity contribution < 1.29 is 14.3 Å². The molecule has 0 bridgehead atoms. The van der Waals surface area contributed by atoms with Gasteiger partial charge in [-0.25, -0.2) is 4.79 Å². The molecule has 0 spiro atoms. The minimum absolute atomic E-state index is 0.155. The second kappa shape index (κ2) is 9.31. The third-order valence-corrected chi connectivity index (χ3v) is 5.17. The summed E-state index contributed by atoms with van der Waals surface area (Å²) >= 11 is 6.81. The summed E-state index contributed by atoms with van der Waals surface area (Å²) in [6.45, 7) is 1.45. The van der Waals surface area contributed by atoms with Crippen molar-refractivity contribution in [2.45, 2.75) is 6.92 Å². The number of amides is 1. The van der Waals surface area contributed by atoms with Crippen molar-refractivity contribution in [3.05, 3.63) is 66.2 Å². The van der Waals surface area contributed by atoms with Crippen molar-refractivity contribution in [2.75, 3.05) is 23.1 Å².